The number of fused-ring (bicyclic) bond motifs is 2. The van der Waals surface area contributed by atoms with E-state index in [4.69, 9.17) is 9.97 Å². The van der Waals surface area contributed by atoms with Crippen LogP contribution in [0.5, 0.6) is 0 Å². The molecular formula is C18H25N3. The van der Waals surface area contributed by atoms with Crippen LogP contribution in [0.2, 0.25) is 0 Å². The molecule has 1 aliphatic rings. The predicted molar refractivity (Wildman–Crippen MR) is 87.7 cm³/mol. The highest BCUT2D eigenvalue weighted by Crippen LogP contribution is 2.28. The zero-order valence-corrected chi connectivity index (χ0v) is 13.7. The van der Waals surface area contributed by atoms with E-state index in [1.807, 2.05) is 13.8 Å². The van der Waals surface area contributed by atoms with Gasteiger partial charge in [-0.2, -0.15) is 0 Å². The maximum atomic E-state index is 4.72. The molecule has 3 heteroatoms. The van der Waals surface area contributed by atoms with Crippen LogP contribution in [0.3, 0.4) is 0 Å². The van der Waals surface area contributed by atoms with Crippen LogP contribution in [-0.4, -0.2) is 22.6 Å². The minimum atomic E-state index is 0.269. The second-order valence-electron chi connectivity index (χ2n) is 7.33. The lowest BCUT2D eigenvalue weighted by atomic mass is 9.83. The van der Waals surface area contributed by atoms with Crippen LogP contribution in [-0.2, 0) is 12.8 Å². The molecule has 0 saturated carbocycles. The number of hydrogen-bond acceptors (Lipinski definition) is 3. The van der Waals surface area contributed by atoms with Crippen LogP contribution in [0, 0.1) is 19.3 Å². The zero-order valence-electron chi connectivity index (χ0n) is 13.7. The Morgan fingerprint density at radius 3 is 2.14 bits per heavy atom. The summed E-state index contributed by atoms with van der Waals surface area (Å²) in [5.41, 5.74) is 7.26. The molecule has 0 amide bonds. The fraction of sp³-hybridized carbons (Fsp3) is 0.556. The first kappa shape index (κ1) is 14.5. The first-order valence-electron chi connectivity index (χ1n) is 7.85. The van der Waals surface area contributed by atoms with Crippen molar-refractivity contribution in [1.29, 1.82) is 0 Å². The topological polar surface area (TPSA) is 37.8 Å². The fourth-order valence-electron chi connectivity index (χ4n) is 3.07. The van der Waals surface area contributed by atoms with E-state index in [0.29, 0.717) is 6.04 Å². The summed E-state index contributed by atoms with van der Waals surface area (Å²) in [5, 5.41) is 3.70. The first-order chi connectivity index (χ1) is 9.84. The number of hydrogen-bond donors (Lipinski definition) is 1. The van der Waals surface area contributed by atoms with E-state index in [-0.39, 0.29) is 5.41 Å². The van der Waals surface area contributed by atoms with Gasteiger partial charge in [0, 0.05) is 6.04 Å². The van der Waals surface area contributed by atoms with Gasteiger partial charge in [-0.05, 0) is 61.9 Å². The second-order valence-corrected chi connectivity index (χ2v) is 7.33. The Morgan fingerprint density at radius 2 is 1.57 bits per heavy atom. The number of aromatic nitrogens is 2. The SMILES string of the molecule is Cc1nc2cc3c(cc2nc1C)C[C@@H](C(C)(C)C)NCC3. The summed E-state index contributed by atoms with van der Waals surface area (Å²) < 4.78 is 0. The predicted octanol–water partition coefficient (Wildman–Crippen LogP) is 3.35. The summed E-state index contributed by atoms with van der Waals surface area (Å²) in [7, 11) is 0. The minimum Gasteiger partial charge on any atom is -0.313 e. The van der Waals surface area contributed by atoms with E-state index >= 15 is 0 Å². The van der Waals surface area contributed by atoms with Crippen LogP contribution < -0.4 is 5.32 Å². The van der Waals surface area contributed by atoms with Gasteiger partial charge in [-0.1, -0.05) is 20.8 Å². The van der Waals surface area contributed by atoms with Gasteiger partial charge in [0.15, 0.2) is 0 Å². The molecule has 0 radical (unpaired) electrons. The average molecular weight is 283 g/mol. The van der Waals surface area contributed by atoms with Gasteiger partial charge in [0.05, 0.1) is 22.4 Å². The molecule has 0 spiro atoms. The molecule has 1 atom stereocenters. The summed E-state index contributed by atoms with van der Waals surface area (Å²) in [6.07, 6.45) is 2.15. The van der Waals surface area contributed by atoms with Crippen molar-refractivity contribution in [3.63, 3.8) is 0 Å². The molecule has 2 aromatic rings. The number of aryl methyl sites for hydroxylation is 2. The smallest absolute Gasteiger partial charge is 0.0893 e. The Hall–Kier alpha value is -1.48. The molecule has 1 aromatic heterocycles. The monoisotopic (exact) mass is 283 g/mol. The van der Waals surface area contributed by atoms with E-state index in [2.05, 4.69) is 38.2 Å². The fourth-order valence-corrected chi connectivity index (χ4v) is 3.07. The second kappa shape index (κ2) is 5.06. The maximum Gasteiger partial charge on any atom is 0.0893 e. The van der Waals surface area contributed by atoms with Crippen LogP contribution in [0.4, 0.5) is 0 Å². The van der Waals surface area contributed by atoms with Crippen molar-refractivity contribution in [2.75, 3.05) is 6.54 Å². The van der Waals surface area contributed by atoms with Crippen molar-refractivity contribution in [3.05, 3.63) is 34.6 Å². The molecular weight excluding hydrogens is 258 g/mol. The van der Waals surface area contributed by atoms with Crippen LogP contribution in [0.1, 0.15) is 43.3 Å². The maximum absolute atomic E-state index is 4.72. The van der Waals surface area contributed by atoms with E-state index in [0.717, 1.165) is 41.8 Å². The third-order valence-corrected chi connectivity index (χ3v) is 4.65. The Balaban J connectivity index is 2.09. The van der Waals surface area contributed by atoms with E-state index in [9.17, 15) is 0 Å². The van der Waals surface area contributed by atoms with Crippen molar-refractivity contribution >= 4 is 11.0 Å². The molecule has 3 nitrogen and oxygen atoms in total. The molecule has 0 aliphatic carbocycles. The minimum absolute atomic E-state index is 0.269. The lowest BCUT2D eigenvalue weighted by molar-refractivity contribution is 0.272. The molecule has 0 fully saturated rings. The van der Waals surface area contributed by atoms with Gasteiger partial charge in [-0.15, -0.1) is 0 Å². The summed E-state index contributed by atoms with van der Waals surface area (Å²) in [4.78, 5) is 9.42. The average Bonchev–Trinajstić information content (AvgIpc) is 2.59. The van der Waals surface area contributed by atoms with Crippen molar-refractivity contribution < 1.29 is 0 Å². The highest BCUT2D eigenvalue weighted by atomic mass is 14.9. The zero-order chi connectivity index (χ0) is 15.2. The third-order valence-electron chi connectivity index (χ3n) is 4.65. The Kier molecular flexibility index (Phi) is 3.48. The number of rotatable bonds is 0. The van der Waals surface area contributed by atoms with Gasteiger partial charge in [-0.25, -0.2) is 9.97 Å². The standard InChI is InChI=1S/C18H25N3/c1-11-12(2)21-16-9-14-10-17(18(3,4)5)19-7-6-13(14)8-15(16)20-11/h8-9,17,19H,6-7,10H2,1-5H3/t17-/m0/s1. The van der Waals surface area contributed by atoms with Crippen molar-refractivity contribution in [2.45, 2.75) is 53.5 Å². The van der Waals surface area contributed by atoms with Gasteiger partial charge in [0.2, 0.25) is 0 Å². The Labute approximate surface area is 127 Å². The molecule has 2 heterocycles. The molecule has 3 rings (SSSR count). The van der Waals surface area contributed by atoms with Gasteiger partial charge in [0.1, 0.15) is 0 Å². The normalized spacial score (nSPS) is 19.4. The molecule has 21 heavy (non-hydrogen) atoms. The molecule has 112 valence electrons. The van der Waals surface area contributed by atoms with Crippen LogP contribution in [0.15, 0.2) is 12.1 Å². The van der Waals surface area contributed by atoms with E-state index < -0.39 is 0 Å². The van der Waals surface area contributed by atoms with Gasteiger partial charge in [0.25, 0.3) is 0 Å². The lowest BCUT2D eigenvalue weighted by Crippen LogP contribution is -2.41. The summed E-state index contributed by atoms with van der Waals surface area (Å²) in [6, 6.07) is 5.02. The highest BCUT2D eigenvalue weighted by Gasteiger charge is 2.27. The largest absolute Gasteiger partial charge is 0.313 e. The first-order valence-corrected chi connectivity index (χ1v) is 7.85. The van der Waals surface area contributed by atoms with E-state index in [1.54, 1.807) is 0 Å². The lowest BCUT2D eigenvalue weighted by Gasteiger charge is -2.30. The number of nitrogens with zero attached hydrogens (tertiary/aromatic N) is 2. The Morgan fingerprint density at radius 1 is 1.00 bits per heavy atom. The molecule has 0 bridgehead atoms. The molecule has 1 aliphatic heterocycles. The van der Waals surface area contributed by atoms with Gasteiger partial charge >= 0.3 is 0 Å². The van der Waals surface area contributed by atoms with Crippen molar-refractivity contribution in [1.82, 2.24) is 15.3 Å². The van der Waals surface area contributed by atoms with E-state index in [1.165, 1.54) is 11.1 Å². The highest BCUT2D eigenvalue weighted by molar-refractivity contribution is 5.77. The number of benzene rings is 1. The molecule has 0 unspecified atom stereocenters. The quantitative estimate of drug-likeness (QED) is 0.805. The van der Waals surface area contributed by atoms with Gasteiger partial charge in [-0.3, -0.25) is 0 Å². The molecule has 1 N–H and O–H groups in total. The van der Waals surface area contributed by atoms with Gasteiger partial charge < -0.3 is 5.32 Å². The van der Waals surface area contributed by atoms with Crippen molar-refractivity contribution in [3.8, 4) is 0 Å². The third kappa shape index (κ3) is 2.80. The molecule has 1 aromatic carbocycles. The number of nitrogens with one attached hydrogen (secondary N) is 1. The molecule has 0 saturated heterocycles. The van der Waals surface area contributed by atoms with Crippen LogP contribution >= 0.6 is 0 Å². The summed E-state index contributed by atoms with van der Waals surface area (Å²) in [6.45, 7) is 12.0. The summed E-state index contributed by atoms with van der Waals surface area (Å²) in [5.74, 6) is 0. The van der Waals surface area contributed by atoms with Crippen LogP contribution in [0.25, 0.3) is 11.0 Å². The Bertz CT molecular complexity index is 683. The van der Waals surface area contributed by atoms with Crippen molar-refractivity contribution in [2.24, 2.45) is 5.41 Å². The summed E-state index contributed by atoms with van der Waals surface area (Å²) >= 11 is 0.